The van der Waals surface area contributed by atoms with Gasteiger partial charge in [-0.05, 0) is 28.9 Å². The van der Waals surface area contributed by atoms with E-state index in [-0.39, 0.29) is 23.3 Å². The fourth-order valence-electron chi connectivity index (χ4n) is 1.51. The molecule has 0 atom stereocenters. The summed E-state index contributed by atoms with van der Waals surface area (Å²) in [5.74, 6) is 0.239. The second-order valence-corrected chi connectivity index (χ2v) is 5.58. The number of nitro groups is 1. The molecule has 0 spiro atoms. The molecule has 0 saturated heterocycles. The highest BCUT2D eigenvalue weighted by Gasteiger charge is 2.21. The summed E-state index contributed by atoms with van der Waals surface area (Å²) in [7, 11) is 0. The fraction of sp³-hybridized carbons (Fsp3) is 0.0909. The molecule has 0 saturated carbocycles. The Morgan fingerprint density at radius 3 is 2.75 bits per heavy atom. The van der Waals surface area contributed by atoms with E-state index in [2.05, 4.69) is 41.8 Å². The minimum atomic E-state index is -0.522. The summed E-state index contributed by atoms with van der Waals surface area (Å²) in [6.07, 6.45) is 1.41. The summed E-state index contributed by atoms with van der Waals surface area (Å²) in [5.41, 5.74) is 5.90. The van der Waals surface area contributed by atoms with Gasteiger partial charge >= 0.3 is 5.69 Å². The maximum Gasteiger partial charge on any atom is 0.313 e. The van der Waals surface area contributed by atoms with Crippen molar-refractivity contribution in [3.05, 3.63) is 43.0 Å². The quantitative estimate of drug-likeness (QED) is 0.620. The second-order valence-electron chi connectivity index (χ2n) is 3.81. The molecule has 2 aromatic rings. The van der Waals surface area contributed by atoms with E-state index in [4.69, 9.17) is 10.5 Å². The Hall–Kier alpha value is -1.74. The number of nitrogens with two attached hydrogens (primary N) is 1. The summed E-state index contributed by atoms with van der Waals surface area (Å²) < 4.78 is 6.57. The fourth-order valence-corrected chi connectivity index (χ4v) is 2.35. The van der Waals surface area contributed by atoms with E-state index in [9.17, 15) is 10.1 Å². The smallest absolute Gasteiger partial charge is 0.313 e. The first-order valence-electron chi connectivity index (χ1n) is 5.29. The number of benzene rings is 1. The molecule has 0 aliphatic carbocycles. The summed E-state index contributed by atoms with van der Waals surface area (Å²) in [4.78, 5) is 18.3. The van der Waals surface area contributed by atoms with E-state index in [1.54, 1.807) is 13.0 Å². The summed E-state index contributed by atoms with van der Waals surface area (Å²) in [6.45, 7) is 1.70. The van der Waals surface area contributed by atoms with Crippen LogP contribution in [-0.4, -0.2) is 14.9 Å². The molecule has 1 aromatic carbocycles. The number of hydrogen-bond donors (Lipinski definition) is 1. The SMILES string of the molecule is Cc1cc(Br)cc([N+](=O)[O-])c1Oc1nc(N)ncc1Br. The van der Waals surface area contributed by atoms with Gasteiger partial charge in [0.1, 0.15) is 0 Å². The number of anilines is 1. The highest BCUT2D eigenvalue weighted by molar-refractivity contribution is 9.10. The minimum Gasteiger partial charge on any atom is -0.430 e. The molecule has 0 fully saturated rings. The Morgan fingerprint density at radius 1 is 1.40 bits per heavy atom. The number of nitro benzene ring substituents is 1. The zero-order valence-corrected chi connectivity index (χ0v) is 13.3. The maximum absolute atomic E-state index is 11.1. The second kappa shape index (κ2) is 5.71. The minimum absolute atomic E-state index is 0.0145. The molecule has 104 valence electrons. The lowest BCUT2D eigenvalue weighted by Gasteiger charge is -2.10. The summed E-state index contributed by atoms with van der Waals surface area (Å²) in [6, 6.07) is 3.07. The number of nitrogen functional groups attached to an aromatic ring is 1. The van der Waals surface area contributed by atoms with Crippen LogP contribution in [0.25, 0.3) is 0 Å². The van der Waals surface area contributed by atoms with Crippen LogP contribution in [0.3, 0.4) is 0 Å². The Labute approximate surface area is 130 Å². The number of hydrogen-bond acceptors (Lipinski definition) is 6. The molecular weight excluding hydrogens is 396 g/mol. The van der Waals surface area contributed by atoms with E-state index in [1.807, 2.05) is 0 Å². The molecule has 9 heteroatoms. The van der Waals surface area contributed by atoms with Crippen molar-refractivity contribution in [2.45, 2.75) is 6.92 Å². The van der Waals surface area contributed by atoms with Crippen molar-refractivity contribution >= 4 is 43.5 Å². The zero-order chi connectivity index (χ0) is 14.9. The molecule has 2 N–H and O–H groups in total. The summed E-state index contributed by atoms with van der Waals surface area (Å²) in [5, 5.41) is 11.1. The van der Waals surface area contributed by atoms with Gasteiger partial charge in [0, 0.05) is 16.1 Å². The van der Waals surface area contributed by atoms with Crippen LogP contribution in [0.4, 0.5) is 11.6 Å². The Kier molecular flexibility index (Phi) is 4.19. The van der Waals surface area contributed by atoms with Gasteiger partial charge < -0.3 is 10.5 Å². The third-order valence-electron chi connectivity index (χ3n) is 2.35. The van der Waals surface area contributed by atoms with Gasteiger partial charge in [-0.1, -0.05) is 15.9 Å². The van der Waals surface area contributed by atoms with Crippen LogP contribution in [0.1, 0.15) is 5.56 Å². The zero-order valence-electron chi connectivity index (χ0n) is 10.1. The van der Waals surface area contributed by atoms with Gasteiger partial charge in [0.05, 0.1) is 15.6 Å². The molecule has 0 unspecified atom stereocenters. The van der Waals surface area contributed by atoms with E-state index in [1.165, 1.54) is 12.3 Å². The molecule has 0 radical (unpaired) electrons. The molecule has 1 aromatic heterocycles. The number of ether oxygens (including phenoxy) is 1. The van der Waals surface area contributed by atoms with Crippen molar-refractivity contribution in [2.75, 3.05) is 5.73 Å². The molecule has 2 rings (SSSR count). The van der Waals surface area contributed by atoms with Crippen LogP contribution in [0, 0.1) is 17.0 Å². The molecule has 0 bridgehead atoms. The number of halogens is 2. The normalized spacial score (nSPS) is 10.3. The van der Waals surface area contributed by atoms with Crippen molar-refractivity contribution in [3.8, 4) is 11.6 Å². The van der Waals surface area contributed by atoms with Crippen LogP contribution >= 0.6 is 31.9 Å². The third kappa shape index (κ3) is 3.05. The van der Waals surface area contributed by atoms with Crippen LogP contribution < -0.4 is 10.5 Å². The average Bonchev–Trinajstić information content (AvgIpc) is 2.36. The molecule has 7 nitrogen and oxygen atoms in total. The molecule has 0 amide bonds. The topological polar surface area (TPSA) is 104 Å². The van der Waals surface area contributed by atoms with Gasteiger partial charge in [-0.3, -0.25) is 10.1 Å². The van der Waals surface area contributed by atoms with Crippen LogP contribution in [0.15, 0.2) is 27.3 Å². The molecule has 20 heavy (non-hydrogen) atoms. The predicted octanol–water partition coefficient (Wildman–Crippen LogP) is 3.59. The predicted molar refractivity (Wildman–Crippen MR) is 79.8 cm³/mol. The van der Waals surface area contributed by atoms with Gasteiger partial charge in [-0.2, -0.15) is 4.98 Å². The number of aromatic nitrogens is 2. The lowest BCUT2D eigenvalue weighted by Crippen LogP contribution is -2.00. The first-order chi connectivity index (χ1) is 9.38. The molecule has 1 heterocycles. The van der Waals surface area contributed by atoms with Gasteiger partial charge in [-0.15, -0.1) is 0 Å². The Morgan fingerprint density at radius 2 is 2.10 bits per heavy atom. The Balaban J connectivity index is 2.53. The standard InChI is InChI=1S/C11H8Br2N4O3/c1-5-2-6(12)3-8(17(18)19)9(5)20-10-7(13)4-15-11(14)16-10/h2-4H,1H3,(H2,14,15,16). The van der Waals surface area contributed by atoms with Crippen LogP contribution in [-0.2, 0) is 0 Å². The maximum atomic E-state index is 11.1. The first-order valence-corrected chi connectivity index (χ1v) is 6.87. The highest BCUT2D eigenvalue weighted by Crippen LogP contribution is 2.38. The van der Waals surface area contributed by atoms with E-state index >= 15 is 0 Å². The largest absolute Gasteiger partial charge is 0.430 e. The highest BCUT2D eigenvalue weighted by atomic mass is 79.9. The van der Waals surface area contributed by atoms with Gasteiger partial charge in [-0.25, -0.2) is 4.98 Å². The lowest BCUT2D eigenvalue weighted by molar-refractivity contribution is -0.385. The average molecular weight is 404 g/mol. The van der Waals surface area contributed by atoms with Crippen molar-refractivity contribution in [2.24, 2.45) is 0 Å². The van der Waals surface area contributed by atoms with Crippen molar-refractivity contribution in [3.63, 3.8) is 0 Å². The van der Waals surface area contributed by atoms with Crippen molar-refractivity contribution in [1.82, 2.24) is 9.97 Å². The van der Waals surface area contributed by atoms with Crippen molar-refractivity contribution in [1.29, 1.82) is 0 Å². The third-order valence-corrected chi connectivity index (χ3v) is 3.35. The molecule has 0 aliphatic heterocycles. The van der Waals surface area contributed by atoms with Crippen molar-refractivity contribution < 1.29 is 9.66 Å². The van der Waals surface area contributed by atoms with Crippen LogP contribution in [0.2, 0.25) is 0 Å². The number of nitrogens with zero attached hydrogens (tertiary/aromatic N) is 3. The van der Waals surface area contributed by atoms with Gasteiger partial charge in [0.25, 0.3) is 0 Å². The number of aryl methyl sites for hydroxylation is 1. The first kappa shape index (κ1) is 14.7. The lowest BCUT2D eigenvalue weighted by atomic mass is 10.2. The van der Waals surface area contributed by atoms with E-state index in [0.717, 1.165) is 0 Å². The summed E-state index contributed by atoms with van der Waals surface area (Å²) >= 11 is 6.42. The van der Waals surface area contributed by atoms with Gasteiger partial charge in [0.2, 0.25) is 17.6 Å². The van der Waals surface area contributed by atoms with E-state index < -0.39 is 4.92 Å². The monoisotopic (exact) mass is 402 g/mol. The Bertz CT molecular complexity index is 694. The van der Waals surface area contributed by atoms with Crippen LogP contribution in [0.5, 0.6) is 11.6 Å². The van der Waals surface area contributed by atoms with E-state index in [0.29, 0.717) is 14.5 Å². The molecular formula is C11H8Br2N4O3. The van der Waals surface area contributed by atoms with Gasteiger partial charge in [0.15, 0.2) is 0 Å². The molecule has 0 aliphatic rings. The number of rotatable bonds is 3.